The second kappa shape index (κ2) is 3.10. The Labute approximate surface area is 76.9 Å². The van der Waals surface area contributed by atoms with Crippen LogP contribution in [-0.4, -0.2) is 10.2 Å². The average molecular weight is 196 g/mol. The summed E-state index contributed by atoms with van der Waals surface area (Å²) < 4.78 is 12.6. The van der Waals surface area contributed by atoms with E-state index in [1.165, 1.54) is 28.8 Å². The maximum atomic E-state index is 12.6. The zero-order valence-electron chi connectivity index (χ0n) is 6.45. The lowest BCUT2D eigenvalue weighted by Gasteiger charge is -1.91. The van der Waals surface area contributed by atoms with Crippen molar-refractivity contribution in [2.24, 2.45) is 0 Å². The van der Waals surface area contributed by atoms with Crippen molar-refractivity contribution in [2.75, 3.05) is 0 Å². The average Bonchev–Trinajstić information content (AvgIpc) is 2.53. The molecule has 5 heteroatoms. The maximum Gasteiger partial charge on any atom is 0.264 e. The molecule has 2 aromatic heterocycles. The Morgan fingerprint density at radius 3 is 2.85 bits per heavy atom. The van der Waals surface area contributed by atoms with Gasteiger partial charge in [0.2, 0.25) is 0 Å². The quantitative estimate of drug-likeness (QED) is 0.753. The number of halogens is 1. The Hall–Kier alpha value is -1.49. The number of thiophene rings is 1. The minimum Gasteiger partial charge on any atom is -0.268 e. The van der Waals surface area contributed by atoms with Gasteiger partial charge in [0.05, 0.1) is 4.88 Å². The van der Waals surface area contributed by atoms with Gasteiger partial charge in [0, 0.05) is 11.4 Å². The van der Waals surface area contributed by atoms with Gasteiger partial charge in [-0.05, 0) is 12.1 Å². The van der Waals surface area contributed by atoms with Crippen LogP contribution in [0.25, 0.3) is 10.6 Å². The molecule has 13 heavy (non-hydrogen) atoms. The molecule has 0 fully saturated rings. The molecule has 0 aliphatic heterocycles. The van der Waals surface area contributed by atoms with Crippen LogP contribution in [-0.2, 0) is 0 Å². The van der Waals surface area contributed by atoms with Gasteiger partial charge < -0.3 is 0 Å². The molecule has 0 bridgehead atoms. The van der Waals surface area contributed by atoms with Crippen molar-refractivity contribution < 1.29 is 4.39 Å². The molecule has 2 rings (SSSR count). The third kappa shape index (κ3) is 1.65. The lowest BCUT2D eigenvalue weighted by Crippen LogP contribution is -2.05. The van der Waals surface area contributed by atoms with Gasteiger partial charge in [-0.1, -0.05) is 0 Å². The topological polar surface area (TPSA) is 45.8 Å². The van der Waals surface area contributed by atoms with Crippen molar-refractivity contribution in [1.29, 1.82) is 0 Å². The normalized spacial score (nSPS) is 10.2. The summed E-state index contributed by atoms with van der Waals surface area (Å²) in [5, 5.41) is 7.45. The standard InChI is InChI=1S/C8H5FN2OS/c9-5-3-7(13-4-5)6-1-2-8(12)11-10-6/h1-4H,(H,11,12). The number of hydrogen-bond donors (Lipinski definition) is 1. The number of nitrogens with zero attached hydrogens (tertiary/aromatic N) is 1. The molecular weight excluding hydrogens is 191 g/mol. The van der Waals surface area contributed by atoms with Gasteiger partial charge in [0.15, 0.2) is 0 Å². The van der Waals surface area contributed by atoms with E-state index in [1.807, 2.05) is 0 Å². The summed E-state index contributed by atoms with van der Waals surface area (Å²) in [5.41, 5.74) is 0.314. The van der Waals surface area contributed by atoms with Crippen molar-refractivity contribution in [3.63, 3.8) is 0 Å². The van der Waals surface area contributed by atoms with Crippen LogP contribution in [0.15, 0.2) is 28.4 Å². The van der Waals surface area contributed by atoms with Gasteiger partial charge in [-0.15, -0.1) is 11.3 Å². The molecule has 2 heterocycles. The Balaban J connectivity index is 2.47. The van der Waals surface area contributed by atoms with E-state index in [9.17, 15) is 9.18 Å². The molecule has 3 nitrogen and oxygen atoms in total. The highest BCUT2D eigenvalue weighted by Gasteiger charge is 2.02. The van der Waals surface area contributed by atoms with Crippen LogP contribution < -0.4 is 5.56 Å². The van der Waals surface area contributed by atoms with Crippen LogP contribution in [0.5, 0.6) is 0 Å². The first kappa shape index (κ1) is 8.12. The number of aromatic nitrogens is 2. The summed E-state index contributed by atoms with van der Waals surface area (Å²) >= 11 is 1.25. The van der Waals surface area contributed by atoms with Gasteiger partial charge in [-0.3, -0.25) is 4.79 Å². The van der Waals surface area contributed by atoms with Crippen molar-refractivity contribution in [3.05, 3.63) is 39.8 Å². The van der Waals surface area contributed by atoms with E-state index in [0.717, 1.165) is 0 Å². The summed E-state index contributed by atoms with van der Waals surface area (Å²) in [4.78, 5) is 11.4. The zero-order valence-corrected chi connectivity index (χ0v) is 7.27. The molecule has 0 saturated heterocycles. The van der Waals surface area contributed by atoms with Crippen LogP contribution in [0, 0.1) is 5.82 Å². The maximum absolute atomic E-state index is 12.6. The molecule has 0 aromatic carbocycles. The smallest absolute Gasteiger partial charge is 0.264 e. The summed E-state index contributed by atoms with van der Waals surface area (Å²) in [7, 11) is 0. The van der Waals surface area contributed by atoms with Crippen molar-refractivity contribution >= 4 is 11.3 Å². The van der Waals surface area contributed by atoms with E-state index < -0.39 is 0 Å². The van der Waals surface area contributed by atoms with E-state index in [-0.39, 0.29) is 11.4 Å². The van der Waals surface area contributed by atoms with Crippen molar-refractivity contribution in [1.82, 2.24) is 10.2 Å². The van der Waals surface area contributed by atoms with Crippen molar-refractivity contribution in [3.8, 4) is 10.6 Å². The summed E-state index contributed by atoms with van der Waals surface area (Å²) in [6.07, 6.45) is 0. The number of hydrogen-bond acceptors (Lipinski definition) is 3. The highest BCUT2D eigenvalue weighted by molar-refractivity contribution is 7.13. The molecule has 0 aliphatic carbocycles. The van der Waals surface area contributed by atoms with Gasteiger partial charge in [0.25, 0.3) is 5.56 Å². The van der Waals surface area contributed by atoms with E-state index >= 15 is 0 Å². The highest BCUT2D eigenvalue weighted by Crippen LogP contribution is 2.23. The fourth-order valence-corrected chi connectivity index (χ4v) is 1.65. The molecule has 0 unspecified atom stereocenters. The second-order valence-corrected chi connectivity index (χ2v) is 3.35. The molecule has 0 saturated carbocycles. The second-order valence-electron chi connectivity index (χ2n) is 2.44. The molecular formula is C8H5FN2OS. The predicted molar refractivity (Wildman–Crippen MR) is 48.1 cm³/mol. The molecule has 0 amide bonds. The summed E-state index contributed by atoms with van der Waals surface area (Å²) in [5.74, 6) is -0.284. The van der Waals surface area contributed by atoms with Gasteiger partial charge in [-0.25, -0.2) is 9.49 Å². The third-order valence-corrected chi connectivity index (χ3v) is 2.42. The Kier molecular flexibility index (Phi) is 1.94. The van der Waals surface area contributed by atoms with Gasteiger partial charge >= 0.3 is 0 Å². The van der Waals surface area contributed by atoms with E-state index in [4.69, 9.17) is 0 Å². The molecule has 0 spiro atoms. The summed E-state index contributed by atoms with van der Waals surface area (Å²) in [6.45, 7) is 0. The lowest BCUT2D eigenvalue weighted by atomic mass is 10.3. The Bertz CT molecular complexity index is 456. The van der Waals surface area contributed by atoms with Crippen LogP contribution in [0.1, 0.15) is 0 Å². The minimum absolute atomic E-state index is 0.263. The Morgan fingerprint density at radius 1 is 1.46 bits per heavy atom. The molecule has 66 valence electrons. The van der Waals surface area contributed by atoms with Crippen LogP contribution >= 0.6 is 11.3 Å². The first-order valence-electron chi connectivity index (χ1n) is 3.56. The monoisotopic (exact) mass is 196 g/mol. The third-order valence-electron chi connectivity index (χ3n) is 1.50. The van der Waals surface area contributed by atoms with E-state index in [0.29, 0.717) is 10.6 Å². The van der Waals surface area contributed by atoms with Crippen LogP contribution in [0.4, 0.5) is 4.39 Å². The first-order valence-corrected chi connectivity index (χ1v) is 4.44. The number of rotatable bonds is 1. The Morgan fingerprint density at radius 2 is 2.31 bits per heavy atom. The molecule has 1 N–H and O–H groups in total. The number of nitrogens with one attached hydrogen (secondary N) is 1. The number of aromatic amines is 1. The van der Waals surface area contributed by atoms with Gasteiger partial charge in [0.1, 0.15) is 11.5 Å². The molecule has 2 aromatic rings. The first-order chi connectivity index (χ1) is 6.25. The predicted octanol–water partition coefficient (Wildman–Crippen LogP) is 1.64. The molecule has 0 aliphatic rings. The van der Waals surface area contributed by atoms with E-state index in [1.54, 1.807) is 6.07 Å². The molecule has 0 radical (unpaired) electrons. The highest BCUT2D eigenvalue weighted by atomic mass is 32.1. The SMILES string of the molecule is O=c1ccc(-c2cc(F)cs2)n[nH]1. The van der Waals surface area contributed by atoms with Crippen molar-refractivity contribution in [2.45, 2.75) is 0 Å². The molecule has 0 atom stereocenters. The van der Waals surface area contributed by atoms with Crippen LogP contribution in [0.2, 0.25) is 0 Å². The van der Waals surface area contributed by atoms with Gasteiger partial charge in [-0.2, -0.15) is 5.10 Å². The zero-order chi connectivity index (χ0) is 9.26. The van der Waals surface area contributed by atoms with Crippen LogP contribution in [0.3, 0.4) is 0 Å². The largest absolute Gasteiger partial charge is 0.268 e. The van der Waals surface area contributed by atoms with E-state index in [2.05, 4.69) is 10.2 Å². The summed E-state index contributed by atoms with van der Waals surface area (Å²) in [6, 6.07) is 4.30. The fourth-order valence-electron chi connectivity index (χ4n) is 0.929. The lowest BCUT2D eigenvalue weighted by molar-refractivity contribution is 0.633. The fraction of sp³-hybridized carbons (Fsp3) is 0. The minimum atomic E-state index is -0.284. The number of H-pyrrole nitrogens is 1.